The van der Waals surface area contributed by atoms with Crippen molar-refractivity contribution in [3.63, 3.8) is 0 Å². The lowest BCUT2D eigenvalue weighted by Gasteiger charge is -1.93. The molecule has 5 heteroatoms. The number of aromatic amines is 1. The van der Waals surface area contributed by atoms with Crippen LogP contribution in [-0.2, 0) is 0 Å². The van der Waals surface area contributed by atoms with E-state index in [9.17, 15) is 4.79 Å². The summed E-state index contributed by atoms with van der Waals surface area (Å²) in [6.07, 6.45) is 3.75. The van der Waals surface area contributed by atoms with Crippen molar-refractivity contribution in [1.82, 2.24) is 9.97 Å². The molecular weight excluding hydrogens is 160 g/mol. The highest BCUT2D eigenvalue weighted by Gasteiger charge is 2.01. The molecule has 0 unspecified atom stereocenters. The lowest BCUT2D eigenvalue weighted by Crippen LogP contribution is -2.09. The minimum atomic E-state index is -0.438. The molecule has 1 rings (SSSR count). The van der Waals surface area contributed by atoms with Crippen LogP contribution in [0.15, 0.2) is 17.2 Å². The second-order valence-electron chi connectivity index (χ2n) is 2.05. The van der Waals surface area contributed by atoms with E-state index in [2.05, 4.69) is 9.97 Å². The number of nitrogens with one attached hydrogen (secondary N) is 1. The first kappa shape index (κ1) is 8.48. The summed E-state index contributed by atoms with van der Waals surface area (Å²) in [6, 6.07) is 0. The molecule has 12 heavy (non-hydrogen) atoms. The van der Waals surface area contributed by atoms with Crippen LogP contribution in [0.5, 0.6) is 5.88 Å². The van der Waals surface area contributed by atoms with Crippen LogP contribution in [-0.4, -0.2) is 26.8 Å². The summed E-state index contributed by atoms with van der Waals surface area (Å²) < 4.78 is 0. The molecule has 0 bridgehead atoms. The molecule has 0 spiro atoms. The van der Waals surface area contributed by atoms with Gasteiger partial charge in [0.25, 0.3) is 5.56 Å². The van der Waals surface area contributed by atoms with Crippen LogP contribution >= 0.6 is 0 Å². The van der Waals surface area contributed by atoms with E-state index in [1.165, 1.54) is 12.2 Å². The zero-order chi connectivity index (χ0) is 8.97. The predicted octanol–water partition coefficient (Wildman–Crippen LogP) is -0.519. The molecule has 0 aromatic carbocycles. The van der Waals surface area contributed by atoms with Crippen molar-refractivity contribution < 1.29 is 10.2 Å². The Morgan fingerprint density at radius 1 is 1.67 bits per heavy atom. The van der Waals surface area contributed by atoms with Gasteiger partial charge in [-0.3, -0.25) is 4.79 Å². The molecule has 0 aliphatic heterocycles. The largest absolute Gasteiger partial charge is 0.493 e. The number of H-pyrrole nitrogens is 1. The number of aliphatic hydroxyl groups is 1. The van der Waals surface area contributed by atoms with Gasteiger partial charge in [0.2, 0.25) is 5.88 Å². The molecule has 1 aromatic heterocycles. The normalized spacial score (nSPS) is 10.8. The van der Waals surface area contributed by atoms with E-state index >= 15 is 0 Å². The Bertz CT molecular complexity index is 343. The molecule has 0 aliphatic rings. The third kappa shape index (κ3) is 1.70. The summed E-state index contributed by atoms with van der Waals surface area (Å²) in [5, 5.41) is 17.5. The Hall–Kier alpha value is -1.62. The fourth-order valence-electron chi connectivity index (χ4n) is 0.722. The predicted molar refractivity (Wildman–Crippen MR) is 42.6 cm³/mol. The SMILES string of the molecule is O=c1[nH]cnc(O)c1C=CCO. The monoisotopic (exact) mass is 168 g/mol. The van der Waals surface area contributed by atoms with Crippen molar-refractivity contribution in [2.45, 2.75) is 0 Å². The lowest BCUT2D eigenvalue weighted by atomic mass is 10.3. The first-order valence-corrected chi connectivity index (χ1v) is 3.29. The van der Waals surface area contributed by atoms with Crippen LogP contribution in [0.2, 0.25) is 0 Å². The van der Waals surface area contributed by atoms with E-state index in [4.69, 9.17) is 10.2 Å². The maximum Gasteiger partial charge on any atom is 0.261 e. The summed E-state index contributed by atoms with van der Waals surface area (Å²) in [6.45, 7) is -0.187. The molecule has 0 aliphatic carbocycles. The average molecular weight is 168 g/mol. The van der Waals surface area contributed by atoms with Gasteiger partial charge < -0.3 is 15.2 Å². The highest BCUT2D eigenvalue weighted by molar-refractivity contribution is 5.52. The van der Waals surface area contributed by atoms with Crippen LogP contribution in [0.25, 0.3) is 6.08 Å². The molecule has 1 heterocycles. The molecule has 3 N–H and O–H groups in total. The van der Waals surface area contributed by atoms with Crippen molar-refractivity contribution in [1.29, 1.82) is 0 Å². The summed E-state index contributed by atoms with van der Waals surface area (Å²) in [5.41, 5.74) is -0.390. The van der Waals surface area contributed by atoms with Crippen LogP contribution in [0.4, 0.5) is 0 Å². The Morgan fingerprint density at radius 2 is 2.42 bits per heavy atom. The van der Waals surface area contributed by atoms with Gasteiger partial charge >= 0.3 is 0 Å². The van der Waals surface area contributed by atoms with E-state index < -0.39 is 5.56 Å². The molecule has 64 valence electrons. The highest BCUT2D eigenvalue weighted by Crippen LogP contribution is 2.07. The molecule has 5 nitrogen and oxygen atoms in total. The van der Waals surface area contributed by atoms with Gasteiger partial charge in [0.15, 0.2) is 0 Å². The van der Waals surface area contributed by atoms with Gasteiger partial charge in [-0.25, -0.2) is 4.98 Å². The Balaban J connectivity index is 3.13. The van der Waals surface area contributed by atoms with Crippen molar-refractivity contribution in [2.75, 3.05) is 6.61 Å². The molecule has 0 saturated heterocycles. The van der Waals surface area contributed by atoms with Gasteiger partial charge in [-0.2, -0.15) is 0 Å². The molecule has 0 radical (unpaired) electrons. The zero-order valence-corrected chi connectivity index (χ0v) is 6.19. The first-order valence-electron chi connectivity index (χ1n) is 3.29. The van der Waals surface area contributed by atoms with E-state index in [0.717, 1.165) is 6.33 Å². The fraction of sp³-hybridized carbons (Fsp3) is 0.143. The van der Waals surface area contributed by atoms with E-state index in [1.807, 2.05) is 0 Å². The Morgan fingerprint density at radius 3 is 3.00 bits per heavy atom. The quantitative estimate of drug-likeness (QED) is 0.554. The second kappa shape index (κ2) is 3.68. The molecule has 1 aromatic rings. The Labute approximate surface area is 68.0 Å². The van der Waals surface area contributed by atoms with Crippen LogP contribution in [0.3, 0.4) is 0 Å². The van der Waals surface area contributed by atoms with Crippen LogP contribution in [0.1, 0.15) is 5.56 Å². The van der Waals surface area contributed by atoms with Gasteiger partial charge in [0.1, 0.15) is 5.56 Å². The van der Waals surface area contributed by atoms with E-state index in [1.54, 1.807) is 0 Å². The summed E-state index contributed by atoms with van der Waals surface area (Å²) in [7, 11) is 0. The van der Waals surface area contributed by atoms with E-state index in [0.29, 0.717) is 0 Å². The molecule has 0 amide bonds. The average Bonchev–Trinajstić information content (AvgIpc) is 2.04. The van der Waals surface area contributed by atoms with Gasteiger partial charge in [-0.1, -0.05) is 6.08 Å². The van der Waals surface area contributed by atoms with Crippen LogP contribution in [0, 0.1) is 0 Å². The molecule has 0 fully saturated rings. The van der Waals surface area contributed by atoms with Gasteiger partial charge in [0, 0.05) is 0 Å². The summed E-state index contributed by atoms with van der Waals surface area (Å²) in [4.78, 5) is 16.7. The smallest absolute Gasteiger partial charge is 0.261 e. The molecule has 0 atom stereocenters. The maximum absolute atomic E-state index is 11.0. The minimum Gasteiger partial charge on any atom is -0.493 e. The van der Waals surface area contributed by atoms with Crippen LogP contribution < -0.4 is 5.56 Å². The number of hydrogen-bond donors (Lipinski definition) is 3. The zero-order valence-electron chi connectivity index (χ0n) is 6.19. The van der Waals surface area contributed by atoms with Crippen molar-refractivity contribution in [3.8, 4) is 5.88 Å². The lowest BCUT2D eigenvalue weighted by molar-refractivity contribution is 0.343. The van der Waals surface area contributed by atoms with Gasteiger partial charge in [0.05, 0.1) is 12.9 Å². The standard InChI is InChI=1S/C7H8N2O3/c10-3-1-2-5-6(11)8-4-9-7(5)12/h1-2,4,10H,3H2,(H2,8,9,11,12). The maximum atomic E-state index is 11.0. The van der Waals surface area contributed by atoms with Crippen molar-refractivity contribution in [2.24, 2.45) is 0 Å². The molecular formula is C7H8N2O3. The number of aromatic hydroxyl groups is 1. The van der Waals surface area contributed by atoms with Crippen molar-refractivity contribution in [3.05, 3.63) is 28.3 Å². The topological polar surface area (TPSA) is 86.2 Å². The minimum absolute atomic E-state index is 0.0477. The van der Waals surface area contributed by atoms with E-state index in [-0.39, 0.29) is 18.1 Å². The van der Waals surface area contributed by atoms with Gasteiger partial charge in [-0.05, 0) is 6.08 Å². The number of aliphatic hydroxyl groups excluding tert-OH is 1. The first-order chi connectivity index (χ1) is 5.75. The fourth-order valence-corrected chi connectivity index (χ4v) is 0.722. The second-order valence-corrected chi connectivity index (χ2v) is 2.05. The summed E-state index contributed by atoms with van der Waals surface area (Å²) in [5.74, 6) is -0.344. The number of nitrogens with zero attached hydrogens (tertiary/aromatic N) is 1. The third-order valence-corrected chi connectivity index (χ3v) is 1.26. The van der Waals surface area contributed by atoms with Crippen molar-refractivity contribution >= 4 is 6.08 Å². The van der Waals surface area contributed by atoms with Gasteiger partial charge in [-0.15, -0.1) is 0 Å². The Kier molecular flexibility index (Phi) is 2.60. The summed E-state index contributed by atoms with van der Waals surface area (Å²) >= 11 is 0. The highest BCUT2D eigenvalue weighted by atomic mass is 16.3. The number of rotatable bonds is 2. The third-order valence-electron chi connectivity index (χ3n) is 1.26. The number of aromatic nitrogens is 2. The molecule has 0 saturated carbocycles. The number of hydrogen-bond acceptors (Lipinski definition) is 4.